The SMILES string of the molecule is Cc1ccc(CNC(C)c2cnn(-c3ccccc3)c2)s1. The zero-order valence-electron chi connectivity index (χ0n) is 12.3. The van der Waals surface area contributed by atoms with E-state index < -0.39 is 0 Å². The number of para-hydroxylation sites is 1. The summed E-state index contributed by atoms with van der Waals surface area (Å²) in [7, 11) is 0. The zero-order chi connectivity index (χ0) is 14.7. The van der Waals surface area contributed by atoms with Gasteiger partial charge >= 0.3 is 0 Å². The molecule has 0 fully saturated rings. The van der Waals surface area contributed by atoms with Gasteiger partial charge < -0.3 is 5.32 Å². The van der Waals surface area contributed by atoms with Crippen LogP contribution in [0.15, 0.2) is 54.9 Å². The molecule has 0 bridgehead atoms. The summed E-state index contributed by atoms with van der Waals surface area (Å²) in [6.45, 7) is 5.21. The summed E-state index contributed by atoms with van der Waals surface area (Å²) in [6.07, 6.45) is 4.02. The molecule has 2 aromatic heterocycles. The number of rotatable bonds is 5. The average molecular weight is 297 g/mol. The van der Waals surface area contributed by atoms with Gasteiger partial charge in [0, 0.05) is 34.1 Å². The molecule has 0 aliphatic heterocycles. The predicted octanol–water partition coefficient (Wildman–Crippen LogP) is 4.09. The molecule has 0 spiro atoms. The maximum Gasteiger partial charge on any atom is 0.0645 e. The predicted molar refractivity (Wildman–Crippen MR) is 87.9 cm³/mol. The number of benzene rings is 1. The fourth-order valence-electron chi connectivity index (χ4n) is 2.23. The highest BCUT2D eigenvalue weighted by atomic mass is 32.1. The van der Waals surface area contributed by atoms with E-state index in [9.17, 15) is 0 Å². The van der Waals surface area contributed by atoms with Crippen LogP contribution in [0, 0.1) is 6.92 Å². The smallest absolute Gasteiger partial charge is 0.0645 e. The number of nitrogens with one attached hydrogen (secondary N) is 1. The molecule has 1 atom stereocenters. The fourth-order valence-corrected chi connectivity index (χ4v) is 3.08. The van der Waals surface area contributed by atoms with Crippen LogP contribution in [0.5, 0.6) is 0 Å². The zero-order valence-corrected chi connectivity index (χ0v) is 13.1. The lowest BCUT2D eigenvalue weighted by Crippen LogP contribution is -2.16. The van der Waals surface area contributed by atoms with Crippen molar-refractivity contribution in [2.75, 3.05) is 0 Å². The number of nitrogens with zero attached hydrogens (tertiary/aromatic N) is 2. The quantitative estimate of drug-likeness (QED) is 0.768. The summed E-state index contributed by atoms with van der Waals surface area (Å²) < 4.78 is 1.92. The first kappa shape index (κ1) is 14.0. The topological polar surface area (TPSA) is 29.9 Å². The molecule has 3 rings (SSSR count). The van der Waals surface area contributed by atoms with Crippen LogP contribution in [0.1, 0.15) is 28.3 Å². The molecule has 0 aliphatic rings. The summed E-state index contributed by atoms with van der Waals surface area (Å²) >= 11 is 1.84. The third kappa shape index (κ3) is 3.40. The van der Waals surface area contributed by atoms with E-state index >= 15 is 0 Å². The molecule has 0 saturated heterocycles. The Labute approximate surface area is 129 Å². The van der Waals surface area contributed by atoms with Crippen molar-refractivity contribution < 1.29 is 0 Å². The normalized spacial score (nSPS) is 12.5. The van der Waals surface area contributed by atoms with Gasteiger partial charge in [-0.1, -0.05) is 18.2 Å². The third-order valence-corrected chi connectivity index (χ3v) is 4.50. The standard InChI is InChI=1S/C17H19N3S/c1-13-8-9-17(21-13)11-18-14(2)15-10-19-20(12-15)16-6-4-3-5-7-16/h3-10,12,14,18H,11H2,1-2H3. The lowest BCUT2D eigenvalue weighted by molar-refractivity contribution is 0.579. The Kier molecular flexibility index (Phi) is 4.18. The van der Waals surface area contributed by atoms with Gasteiger partial charge in [-0.05, 0) is 38.1 Å². The second-order valence-electron chi connectivity index (χ2n) is 5.17. The van der Waals surface area contributed by atoms with Gasteiger partial charge in [-0.25, -0.2) is 4.68 Å². The average Bonchev–Trinajstić information content (AvgIpc) is 3.15. The summed E-state index contributed by atoms with van der Waals surface area (Å²) in [6, 6.07) is 14.8. The lowest BCUT2D eigenvalue weighted by atomic mass is 10.2. The van der Waals surface area contributed by atoms with Crippen LogP contribution < -0.4 is 5.32 Å². The minimum absolute atomic E-state index is 0.282. The van der Waals surface area contributed by atoms with Gasteiger partial charge in [-0.2, -0.15) is 5.10 Å². The molecule has 0 saturated carbocycles. The summed E-state index contributed by atoms with van der Waals surface area (Å²) in [5.74, 6) is 0. The van der Waals surface area contributed by atoms with Crippen LogP contribution in [0.4, 0.5) is 0 Å². The van der Waals surface area contributed by atoms with E-state index in [0.29, 0.717) is 0 Å². The first-order valence-electron chi connectivity index (χ1n) is 7.11. The summed E-state index contributed by atoms with van der Waals surface area (Å²) in [5, 5.41) is 8.00. The van der Waals surface area contributed by atoms with Crippen molar-refractivity contribution in [3.8, 4) is 5.69 Å². The Morgan fingerprint density at radius 3 is 2.71 bits per heavy atom. The molecule has 21 heavy (non-hydrogen) atoms. The Morgan fingerprint density at radius 1 is 1.19 bits per heavy atom. The number of hydrogen-bond donors (Lipinski definition) is 1. The molecule has 1 unspecified atom stereocenters. The van der Waals surface area contributed by atoms with Gasteiger partial charge in [0.25, 0.3) is 0 Å². The van der Waals surface area contributed by atoms with Crippen LogP contribution >= 0.6 is 11.3 Å². The maximum absolute atomic E-state index is 4.45. The number of aromatic nitrogens is 2. The molecule has 1 N–H and O–H groups in total. The van der Waals surface area contributed by atoms with E-state index in [4.69, 9.17) is 0 Å². The van der Waals surface area contributed by atoms with Crippen molar-refractivity contribution in [2.45, 2.75) is 26.4 Å². The van der Waals surface area contributed by atoms with Crippen LogP contribution in [0.2, 0.25) is 0 Å². The van der Waals surface area contributed by atoms with Crippen molar-refractivity contribution in [2.24, 2.45) is 0 Å². The summed E-state index contributed by atoms with van der Waals surface area (Å²) in [5.41, 5.74) is 2.29. The van der Waals surface area contributed by atoms with E-state index in [0.717, 1.165) is 12.2 Å². The van der Waals surface area contributed by atoms with Gasteiger partial charge in [0.1, 0.15) is 0 Å². The van der Waals surface area contributed by atoms with E-state index in [1.807, 2.05) is 40.4 Å². The minimum atomic E-state index is 0.282. The molecule has 0 radical (unpaired) electrons. The first-order valence-corrected chi connectivity index (χ1v) is 7.93. The largest absolute Gasteiger partial charge is 0.305 e. The third-order valence-electron chi connectivity index (χ3n) is 3.50. The first-order chi connectivity index (χ1) is 10.2. The number of hydrogen-bond acceptors (Lipinski definition) is 3. The number of aryl methyl sites for hydroxylation is 1. The fraction of sp³-hybridized carbons (Fsp3) is 0.235. The van der Waals surface area contributed by atoms with Crippen molar-refractivity contribution in [3.63, 3.8) is 0 Å². The monoisotopic (exact) mass is 297 g/mol. The van der Waals surface area contributed by atoms with Gasteiger partial charge in [0.05, 0.1) is 11.9 Å². The second-order valence-corrected chi connectivity index (χ2v) is 6.54. The molecule has 0 aliphatic carbocycles. The molecule has 0 amide bonds. The highest BCUT2D eigenvalue weighted by molar-refractivity contribution is 7.11. The molecule has 3 nitrogen and oxygen atoms in total. The Bertz CT molecular complexity index is 700. The Hall–Kier alpha value is -1.91. The van der Waals surface area contributed by atoms with E-state index in [-0.39, 0.29) is 6.04 Å². The molecule has 108 valence electrons. The van der Waals surface area contributed by atoms with Gasteiger partial charge in [-0.3, -0.25) is 0 Å². The molecule has 1 aromatic carbocycles. The molecule has 4 heteroatoms. The molecule has 2 heterocycles. The summed E-state index contributed by atoms with van der Waals surface area (Å²) in [4.78, 5) is 2.73. The number of thiophene rings is 1. The van der Waals surface area contributed by atoms with Crippen molar-refractivity contribution in [1.82, 2.24) is 15.1 Å². The maximum atomic E-state index is 4.45. The van der Waals surface area contributed by atoms with Crippen LogP contribution in [-0.2, 0) is 6.54 Å². The van der Waals surface area contributed by atoms with Crippen LogP contribution in [0.25, 0.3) is 5.69 Å². The molecular weight excluding hydrogens is 278 g/mol. The van der Waals surface area contributed by atoms with Crippen molar-refractivity contribution in [3.05, 3.63) is 70.2 Å². The highest BCUT2D eigenvalue weighted by Crippen LogP contribution is 2.18. The van der Waals surface area contributed by atoms with Gasteiger partial charge in [0.2, 0.25) is 0 Å². The Morgan fingerprint density at radius 2 is 2.00 bits per heavy atom. The minimum Gasteiger partial charge on any atom is -0.305 e. The molecule has 3 aromatic rings. The van der Waals surface area contributed by atoms with Crippen molar-refractivity contribution in [1.29, 1.82) is 0 Å². The lowest BCUT2D eigenvalue weighted by Gasteiger charge is -2.10. The van der Waals surface area contributed by atoms with E-state index in [2.05, 4.69) is 54.7 Å². The van der Waals surface area contributed by atoms with E-state index in [1.165, 1.54) is 15.3 Å². The Balaban J connectivity index is 1.65. The van der Waals surface area contributed by atoms with Crippen LogP contribution in [0.3, 0.4) is 0 Å². The van der Waals surface area contributed by atoms with Gasteiger partial charge in [0.15, 0.2) is 0 Å². The van der Waals surface area contributed by atoms with Crippen LogP contribution in [-0.4, -0.2) is 9.78 Å². The second kappa shape index (κ2) is 6.24. The molecular formula is C17H19N3S. The van der Waals surface area contributed by atoms with Crippen molar-refractivity contribution >= 4 is 11.3 Å². The highest BCUT2D eigenvalue weighted by Gasteiger charge is 2.09. The van der Waals surface area contributed by atoms with Gasteiger partial charge in [-0.15, -0.1) is 11.3 Å². The van der Waals surface area contributed by atoms with E-state index in [1.54, 1.807) is 0 Å².